The predicted molar refractivity (Wildman–Crippen MR) is 113 cm³/mol. The largest absolute Gasteiger partial charge is 0.486 e. The summed E-state index contributed by atoms with van der Waals surface area (Å²) in [6, 6.07) is 20.7. The molecule has 0 aliphatic carbocycles. The fourth-order valence-corrected chi connectivity index (χ4v) is 3.48. The molecule has 2 aromatic carbocycles. The molecule has 0 spiro atoms. The van der Waals surface area contributed by atoms with Crippen LogP contribution < -0.4 is 10.1 Å². The molecule has 2 heterocycles. The third-order valence-corrected chi connectivity index (χ3v) is 5.16. The number of pyridine rings is 1. The summed E-state index contributed by atoms with van der Waals surface area (Å²) in [6.07, 6.45) is 3.30. The average Bonchev–Trinajstić information content (AvgIpc) is 3.24. The Morgan fingerprint density at radius 3 is 2.41 bits per heavy atom. The van der Waals surface area contributed by atoms with Crippen molar-refractivity contribution in [2.24, 2.45) is 0 Å². The topological polar surface area (TPSA) is 77.0 Å². The van der Waals surface area contributed by atoms with Gasteiger partial charge in [0.1, 0.15) is 16.9 Å². The fraction of sp³-hybridized carbons (Fsp3) is 0.0909. The number of anilines is 1. The Bertz CT molecular complexity index is 1080. The highest BCUT2D eigenvalue weighted by Crippen LogP contribution is 2.26. The van der Waals surface area contributed by atoms with Gasteiger partial charge in [-0.3, -0.25) is 15.1 Å². The molecule has 0 aliphatic heterocycles. The van der Waals surface area contributed by atoms with E-state index in [2.05, 4.69) is 20.5 Å². The van der Waals surface area contributed by atoms with Crippen molar-refractivity contribution < 1.29 is 9.53 Å². The molecule has 0 aliphatic rings. The van der Waals surface area contributed by atoms with Gasteiger partial charge in [-0.05, 0) is 48.9 Å². The van der Waals surface area contributed by atoms with E-state index in [1.807, 2.05) is 49.4 Å². The molecule has 7 heteroatoms. The summed E-state index contributed by atoms with van der Waals surface area (Å²) < 4.78 is 5.95. The second-order valence-electron chi connectivity index (χ2n) is 6.30. The standard InChI is InChI=1S/C22H18N4O2S/c1-15(16-5-3-2-4-6-16)28-19-9-7-17(8-10-19)20(27)24-22-26-25-21(29-22)18-11-13-23-14-12-18/h2-15H,1H3,(H,24,26,27)/t15-/m1/s1. The molecule has 0 saturated heterocycles. The molecule has 1 atom stereocenters. The zero-order chi connectivity index (χ0) is 20.1. The highest BCUT2D eigenvalue weighted by molar-refractivity contribution is 7.18. The van der Waals surface area contributed by atoms with Crippen molar-refractivity contribution in [3.63, 3.8) is 0 Å². The van der Waals surface area contributed by atoms with Gasteiger partial charge in [-0.2, -0.15) is 0 Å². The van der Waals surface area contributed by atoms with Crippen molar-refractivity contribution in [3.05, 3.63) is 90.3 Å². The van der Waals surface area contributed by atoms with Crippen molar-refractivity contribution in [2.45, 2.75) is 13.0 Å². The van der Waals surface area contributed by atoms with Gasteiger partial charge in [0.25, 0.3) is 5.91 Å². The zero-order valence-corrected chi connectivity index (χ0v) is 16.5. The van der Waals surface area contributed by atoms with Crippen LogP contribution in [0.4, 0.5) is 5.13 Å². The van der Waals surface area contributed by atoms with Gasteiger partial charge in [-0.25, -0.2) is 0 Å². The molecule has 4 rings (SSSR count). The molecule has 0 fully saturated rings. The number of aromatic nitrogens is 3. The van der Waals surface area contributed by atoms with Crippen molar-refractivity contribution in [2.75, 3.05) is 5.32 Å². The highest BCUT2D eigenvalue weighted by atomic mass is 32.1. The Kier molecular flexibility index (Phi) is 5.58. The number of carbonyl (C=O) groups excluding carboxylic acids is 1. The minimum Gasteiger partial charge on any atom is -0.486 e. The molecular formula is C22H18N4O2S. The normalized spacial score (nSPS) is 11.6. The van der Waals surface area contributed by atoms with Crippen LogP contribution in [-0.2, 0) is 0 Å². The first-order chi connectivity index (χ1) is 14.2. The van der Waals surface area contributed by atoms with Crippen LogP contribution in [0.2, 0.25) is 0 Å². The van der Waals surface area contributed by atoms with Gasteiger partial charge in [0, 0.05) is 23.5 Å². The Balaban J connectivity index is 1.39. The molecule has 0 radical (unpaired) electrons. The van der Waals surface area contributed by atoms with E-state index in [0.717, 1.165) is 16.1 Å². The summed E-state index contributed by atoms with van der Waals surface area (Å²) in [5.74, 6) is 0.457. The van der Waals surface area contributed by atoms with E-state index < -0.39 is 0 Å². The molecular weight excluding hydrogens is 384 g/mol. The molecule has 2 aromatic heterocycles. The van der Waals surface area contributed by atoms with E-state index >= 15 is 0 Å². The van der Waals surface area contributed by atoms with Crippen LogP contribution in [0.1, 0.15) is 28.9 Å². The summed E-state index contributed by atoms with van der Waals surface area (Å²) in [4.78, 5) is 16.5. The van der Waals surface area contributed by atoms with Crippen LogP contribution in [0.15, 0.2) is 79.1 Å². The lowest BCUT2D eigenvalue weighted by Crippen LogP contribution is -2.11. The molecule has 0 saturated carbocycles. The maximum Gasteiger partial charge on any atom is 0.257 e. The molecule has 144 valence electrons. The number of nitrogens with zero attached hydrogens (tertiary/aromatic N) is 3. The predicted octanol–water partition coefficient (Wildman–Crippen LogP) is 4.99. The van der Waals surface area contributed by atoms with E-state index in [1.165, 1.54) is 11.3 Å². The quantitative estimate of drug-likeness (QED) is 0.491. The summed E-state index contributed by atoms with van der Waals surface area (Å²) in [6.45, 7) is 1.99. The highest BCUT2D eigenvalue weighted by Gasteiger charge is 2.12. The number of carbonyl (C=O) groups is 1. The first kappa shape index (κ1) is 18.8. The molecule has 1 amide bonds. The van der Waals surface area contributed by atoms with Crippen molar-refractivity contribution >= 4 is 22.4 Å². The average molecular weight is 402 g/mol. The molecule has 0 bridgehead atoms. The number of rotatable bonds is 6. The zero-order valence-electron chi connectivity index (χ0n) is 15.6. The lowest BCUT2D eigenvalue weighted by atomic mass is 10.1. The van der Waals surface area contributed by atoms with E-state index in [1.54, 1.807) is 36.7 Å². The van der Waals surface area contributed by atoms with Gasteiger partial charge in [0.05, 0.1) is 0 Å². The van der Waals surface area contributed by atoms with Crippen LogP contribution >= 0.6 is 11.3 Å². The second kappa shape index (κ2) is 8.62. The summed E-state index contributed by atoms with van der Waals surface area (Å²) >= 11 is 1.31. The third kappa shape index (κ3) is 4.64. The van der Waals surface area contributed by atoms with Crippen LogP contribution in [0.5, 0.6) is 5.75 Å². The Labute approximate surface area is 172 Å². The van der Waals surface area contributed by atoms with Crippen LogP contribution in [-0.4, -0.2) is 21.1 Å². The van der Waals surface area contributed by atoms with Crippen LogP contribution in [0, 0.1) is 0 Å². The van der Waals surface area contributed by atoms with Crippen LogP contribution in [0.3, 0.4) is 0 Å². The van der Waals surface area contributed by atoms with Crippen molar-refractivity contribution in [3.8, 4) is 16.3 Å². The number of nitrogens with one attached hydrogen (secondary N) is 1. The maximum atomic E-state index is 12.5. The number of hydrogen-bond donors (Lipinski definition) is 1. The Morgan fingerprint density at radius 1 is 0.966 bits per heavy atom. The van der Waals surface area contributed by atoms with E-state index in [9.17, 15) is 4.79 Å². The SMILES string of the molecule is C[C@@H](Oc1ccc(C(=O)Nc2nnc(-c3ccncc3)s2)cc1)c1ccccc1. The number of ether oxygens (including phenoxy) is 1. The number of amides is 1. The Hall–Kier alpha value is -3.58. The molecule has 4 aromatic rings. The lowest BCUT2D eigenvalue weighted by Gasteiger charge is -2.15. The van der Waals surface area contributed by atoms with Crippen LogP contribution in [0.25, 0.3) is 10.6 Å². The lowest BCUT2D eigenvalue weighted by molar-refractivity contribution is 0.102. The number of benzene rings is 2. The van der Waals surface area contributed by atoms with Gasteiger partial charge in [0.2, 0.25) is 5.13 Å². The summed E-state index contributed by atoms with van der Waals surface area (Å²) in [5, 5.41) is 12.1. The smallest absolute Gasteiger partial charge is 0.257 e. The summed E-state index contributed by atoms with van der Waals surface area (Å²) in [5.41, 5.74) is 2.52. The minimum atomic E-state index is -0.245. The number of hydrogen-bond acceptors (Lipinski definition) is 6. The van der Waals surface area contributed by atoms with Gasteiger partial charge >= 0.3 is 0 Å². The fourth-order valence-electron chi connectivity index (χ4n) is 2.74. The van der Waals surface area contributed by atoms with Crippen molar-refractivity contribution in [1.29, 1.82) is 0 Å². The van der Waals surface area contributed by atoms with Gasteiger partial charge < -0.3 is 4.74 Å². The molecule has 0 unspecified atom stereocenters. The second-order valence-corrected chi connectivity index (χ2v) is 7.28. The van der Waals surface area contributed by atoms with E-state index in [-0.39, 0.29) is 12.0 Å². The molecule has 29 heavy (non-hydrogen) atoms. The first-order valence-corrected chi connectivity index (χ1v) is 9.87. The molecule has 1 N–H and O–H groups in total. The maximum absolute atomic E-state index is 12.5. The van der Waals surface area contributed by atoms with E-state index in [4.69, 9.17) is 4.74 Å². The van der Waals surface area contributed by atoms with Gasteiger partial charge in [-0.1, -0.05) is 41.7 Å². The third-order valence-electron chi connectivity index (χ3n) is 4.27. The summed E-state index contributed by atoms with van der Waals surface area (Å²) in [7, 11) is 0. The molecule has 6 nitrogen and oxygen atoms in total. The minimum absolute atomic E-state index is 0.0797. The Morgan fingerprint density at radius 2 is 1.69 bits per heavy atom. The van der Waals surface area contributed by atoms with E-state index in [0.29, 0.717) is 16.4 Å². The van der Waals surface area contributed by atoms with Gasteiger partial charge in [0.15, 0.2) is 0 Å². The van der Waals surface area contributed by atoms with Crippen molar-refractivity contribution in [1.82, 2.24) is 15.2 Å². The monoisotopic (exact) mass is 402 g/mol. The van der Waals surface area contributed by atoms with Gasteiger partial charge in [-0.15, -0.1) is 10.2 Å². The first-order valence-electron chi connectivity index (χ1n) is 9.06.